The second kappa shape index (κ2) is 12.2. The molecule has 0 radical (unpaired) electrons. The van der Waals surface area contributed by atoms with Crippen molar-refractivity contribution in [2.45, 2.75) is 33.9 Å². The number of guanidine groups is 1. The molecule has 0 unspecified atom stereocenters. The number of carbonyl (C=O) groups excluding carboxylic acids is 1. The summed E-state index contributed by atoms with van der Waals surface area (Å²) < 4.78 is 1.98. The number of aryl methyl sites for hydroxylation is 2. The van der Waals surface area contributed by atoms with Gasteiger partial charge in [-0.15, -0.1) is 24.0 Å². The molecule has 0 aliphatic carbocycles. The Balaban J connectivity index is 0.00000363. The summed E-state index contributed by atoms with van der Waals surface area (Å²) in [4.78, 5) is 16.4. The van der Waals surface area contributed by atoms with Crippen LogP contribution in [-0.2, 0) is 13.1 Å². The predicted octanol–water partition coefficient (Wildman–Crippen LogP) is 3.72. The minimum Gasteiger partial charge on any atom is -0.357 e. The minimum atomic E-state index is -0.0914. The number of amides is 1. The first kappa shape index (κ1) is 25.4. The highest BCUT2D eigenvalue weighted by molar-refractivity contribution is 14.0. The zero-order chi connectivity index (χ0) is 22.2. The molecule has 0 fully saturated rings. The zero-order valence-corrected chi connectivity index (χ0v) is 21.3. The first-order valence-electron chi connectivity index (χ1n) is 10.5. The third kappa shape index (κ3) is 6.56. The molecule has 1 amide bonds. The summed E-state index contributed by atoms with van der Waals surface area (Å²) in [5, 5.41) is 14.0. The number of halogens is 1. The number of aromatic nitrogens is 2. The van der Waals surface area contributed by atoms with Gasteiger partial charge in [0, 0.05) is 31.4 Å². The third-order valence-electron chi connectivity index (χ3n) is 4.88. The van der Waals surface area contributed by atoms with Crippen LogP contribution in [0.3, 0.4) is 0 Å². The van der Waals surface area contributed by atoms with Crippen molar-refractivity contribution in [2.24, 2.45) is 4.99 Å². The maximum absolute atomic E-state index is 11.7. The molecular weight excluding hydrogens is 515 g/mol. The Bertz CT molecular complexity index is 1060. The first-order valence-corrected chi connectivity index (χ1v) is 10.5. The van der Waals surface area contributed by atoms with Crippen molar-refractivity contribution in [3.8, 4) is 5.69 Å². The Morgan fingerprint density at radius 3 is 2.41 bits per heavy atom. The van der Waals surface area contributed by atoms with Crippen LogP contribution < -0.4 is 16.0 Å². The van der Waals surface area contributed by atoms with Gasteiger partial charge >= 0.3 is 0 Å². The lowest BCUT2D eigenvalue weighted by atomic mass is 10.1. The van der Waals surface area contributed by atoms with Crippen molar-refractivity contribution < 1.29 is 4.79 Å². The second-order valence-corrected chi connectivity index (χ2v) is 7.29. The van der Waals surface area contributed by atoms with Gasteiger partial charge in [-0.05, 0) is 56.2 Å². The van der Waals surface area contributed by atoms with Gasteiger partial charge in [-0.1, -0.05) is 30.3 Å². The first-order chi connectivity index (χ1) is 15.0. The molecule has 3 N–H and O–H groups in total. The molecule has 0 bridgehead atoms. The lowest BCUT2D eigenvalue weighted by molar-refractivity contribution is 0.0963. The Morgan fingerprint density at radius 2 is 1.78 bits per heavy atom. The maximum Gasteiger partial charge on any atom is 0.251 e. The van der Waals surface area contributed by atoms with Gasteiger partial charge in [-0.25, -0.2) is 9.67 Å². The highest BCUT2D eigenvalue weighted by Crippen LogP contribution is 2.17. The molecule has 170 valence electrons. The Labute approximate surface area is 206 Å². The summed E-state index contributed by atoms with van der Waals surface area (Å²) >= 11 is 0. The normalized spacial score (nSPS) is 10.9. The summed E-state index contributed by atoms with van der Waals surface area (Å²) in [6.45, 7) is 8.00. The summed E-state index contributed by atoms with van der Waals surface area (Å²) in [7, 11) is 1.63. The number of hydrogen-bond acceptors (Lipinski definition) is 3. The van der Waals surface area contributed by atoms with E-state index in [1.165, 1.54) is 0 Å². The Morgan fingerprint density at radius 1 is 1.06 bits per heavy atom. The van der Waals surface area contributed by atoms with E-state index in [9.17, 15) is 4.79 Å². The molecule has 3 aromatic rings. The van der Waals surface area contributed by atoms with Crippen LogP contribution in [0.25, 0.3) is 5.69 Å². The zero-order valence-electron chi connectivity index (χ0n) is 19.0. The summed E-state index contributed by atoms with van der Waals surface area (Å²) in [6, 6.07) is 17.8. The van der Waals surface area contributed by atoms with Gasteiger partial charge in [0.1, 0.15) is 0 Å². The van der Waals surface area contributed by atoms with Gasteiger partial charge in [-0.3, -0.25) is 4.79 Å². The van der Waals surface area contributed by atoms with Gasteiger partial charge < -0.3 is 16.0 Å². The molecule has 1 heterocycles. The fourth-order valence-corrected chi connectivity index (χ4v) is 3.34. The van der Waals surface area contributed by atoms with Crippen LogP contribution in [0.2, 0.25) is 0 Å². The monoisotopic (exact) mass is 546 g/mol. The number of hydrogen-bond donors (Lipinski definition) is 3. The summed E-state index contributed by atoms with van der Waals surface area (Å²) in [5.74, 6) is 0.646. The van der Waals surface area contributed by atoms with Gasteiger partial charge in [0.15, 0.2) is 5.96 Å². The largest absolute Gasteiger partial charge is 0.357 e. The van der Waals surface area contributed by atoms with Crippen LogP contribution in [0.1, 0.15) is 39.8 Å². The van der Waals surface area contributed by atoms with Gasteiger partial charge in [-0.2, -0.15) is 5.10 Å². The number of carbonyl (C=O) groups is 1. The van der Waals surface area contributed by atoms with Crippen molar-refractivity contribution in [1.29, 1.82) is 0 Å². The Kier molecular flexibility index (Phi) is 9.70. The van der Waals surface area contributed by atoms with E-state index >= 15 is 0 Å². The Hall–Kier alpha value is -2.88. The number of aliphatic imine (C=N–C) groups is 1. The highest BCUT2D eigenvalue weighted by Gasteiger charge is 2.09. The fourth-order valence-electron chi connectivity index (χ4n) is 3.34. The lowest BCUT2D eigenvalue weighted by Crippen LogP contribution is -2.37. The standard InChI is InChI=1S/C24H30N6O.HI/c1-5-26-24(27-15-19-10-12-20(13-11-19)23(31)25-4)28-16-21-8-6-7-9-22(21)30-18(3)14-17(2)29-30;/h6-14H,5,15-16H2,1-4H3,(H,25,31)(H2,26,27,28);1H. The summed E-state index contributed by atoms with van der Waals surface area (Å²) in [6.07, 6.45) is 0. The molecule has 0 spiro atoms. The number of nitrogens with zero attached hydrogens (tertiary/aromatic N) is 3. The molecular formula is C24H31IN6O. The van der Waals surface area contributed by atoms with E-state index in [0.717, 1.165) is 40.7 Å². The second-order valence-electron chi connectivity index (χ2n) is 7.29. The smallest absolute Gasteiger partial charge is 0.251 e. The predicted molar refractivity (Wildman–Crippen MR) is 140 cm³/mol. The number of rotatable bonds is 7. The van der Waals surface area contributed by atoms with E-state index in [1.54, 1.807) is 7.05 Å². The maximum atomic E-state index is 11.7. The van der Waals surface area contributed by atoms with Crippen molar-refractivity contribution in [2.75, 3.05) is 13.6 Å². The third-order valence-corrected chi connectivity index (χ3v) is 4.88. The topological polar surface area (TPSA) is 83.3 Å². The van der Waals surface area contributed by atoms with Crippen molar-refractivity contribution in [3.63, 3.8) is 0 Å². The van der Waals surface area contributed by atoms with E-state index in [1.807, 2.05) is 54.9 Å². The van der Waals surface area contributed by atoms with E-state index in [2.05, 4.69) is 51.2 Å². The van der Waals surface area contributed by atoms with E-state index in [0.29, 0.717) is 18.7 Å². The molecule has 0 aliphatic rings. The summed E-state index contributed by atoms with van der Waals surface area (Å²) in [5.41, 5.74) is 5.97. The minimum absolute atomic E-state index is 0. The molecule has 8 heteroatoms. The molecule has 0 saturated carbocycles. The average Bonchev–Trinajstić information content (AvgIpc) is 3.13. The highest BCUT2D eigenvalue weighted by atomic mass is 127. The molecule has 7 nitrogen and oxygen atoms in total. The van der Waals surface area contributed by atoms with Crippen LogP contribution in [0, 0.1) is 13.8 Å². The molecule has 2 aromatic carbocycles. The molecule has 0 atom stereocenters. The lowest BCUT2D eigenvalue weighted by Gasteiger charge is -2.15. The quantitative estimate of drug-likeness (QED) is 0.240. The molecule has 0 aliphatic heterocycles. The van der Waals surface area contributed by atoms with Crippen LogP contribution in [-0.4, -0.2) is 35.2 Å². The fraction of sp³-hybridized carbons (Fsp3) is 0.292. The molecule has 3 rings (SSSR count). The van der Waals surface area contributed by atoms with Crippen molar-refractivity contribution in [1.82, 2.24) is 25.7 Å². The van der Waals surface area contributed by atoms with Crippen LogP contribution in [0.15, 0.2) is 59.6 Å². The number of benzene rings is 2. The van der Waals surface area contributed by atoms with Gasteiger partial charge in [0.2, 0.25) is 0 Å². The number of para-hydroxylation sites is 1. The molecule has 0 saturated heterocycles. The van der Waals surface area contributed by atoms with Gasteiger partial charge in [0.25, 0.3) is 5.91 Å². The SMILES string of the molecule is CCNC(=NCc1ccc(C(=O)NC)cc1)NCc1ccccc1-n1nc(C)cc1C.I. The number of nitrogens with one attached hydrogen (secondary N) is 3. The van der Waals surface area contributed by atoms with Crippen LogP contribution in [0.4, 0.5) is 0 Å². The van der Waals surface area contributed by atoms with Crippen molar-refractivity contribution >= 4 is 35.8 Å². The molecule has 32 heavy (non-hydrogen) atoms. The van der Waals surface area contributed by atoms with E-state index in [4.69, 9.17) is 0 Å². The van der Waals surface area contributed by atoms with Gasteiger partial charge in [0.05, 0.1) is 17.9 Å². The van der Waals surface area contributed by atoms with Crippen molar-refractivity contribution in [3.05, 3.63) is 82.7 Å². The van der Waals surface area contributed by atoms with E-state index in [-0.39, 0.29) is 29.9 Å². The van der Waals surface area contributed by atoms with E-state index < -0.39 is 0 Å². The van der Waals surface area contributed by atoms with Crippen LogP contribution in [0.5, 0.6) is 0 Å². The van der Waals surface area contributed by atoms with Crippen LogP contribution >= 0.6 is 24.0 Å². The molecule has 1 aromatic heterocycles. The average molecular weight is 546 g/mol.